The zero-order valence-electron chi connectivity index (χ0n) is 18.4. The molecule has 1 N–H and O–H groups in total. The van der Waals surface area contributed by atoms with E-state index >= 15 is 0 Å². The molecule has 33 heavy (non-hydrogen) atoms. The average molecular weight is 488 g/mol. The minimum Gasteiger partial charge on any atom is -0.497 e. The van der Waals surface area contributed by atoms with E-state index in [1.54, 1.807) is 14.2 Å². The Morgan fingerprint density at radius 1 is 1.27 bits per heavy atom. The van der Waals surface area contributed by atoms with Gasteiger partial charge in [0.15, 0.2) is 5.13 Å². The van der Waals surface area contributed by atoms with Crippen LogP contribution in [0.4, 0.5) is 5.13 Å². The van der Waals surface area contributed by atoms with Gasteiger partial charge in [0, 0.05) is 36.7 Å². The summed E-state index contributed by atoms with van der Waals surface area (Å²) < 4.78 is 37.7. The third-order valence-electron chi connectivity index (χ3n) is 5.40. The molecule has 2 aromatic carbocycles. The van der Waals surface area contributed by atoms with Crippen LogP contribution in [0.25, 0.3) is 11.3 Å². The molecule has 1 aliphatic heterocycles. The summed E-state index contributed by atoms with van der Waals surface area (Å²) in [6.07, 6.45) is 1.73. The Hall–Kier alpha value is -2.79. The number of anilines is 1. The fraction of sp³-hybridized carbons (Fsp3) is 0.304. The summed E-state index contributed by atoms with van der Waals surface area (Å²) in [4.78, 5) is 17.2. The fourth-order valence-electron chi connectivity index (χ4n) is 3.55. The fourth-order valence-corrected chi connectivity index (χ4v) is 5.46. The first-order valence-electron chi connectivity index (χ1n) is 10.5. The van der Waals surface area contributed by atoms with Crippen molar-refractivity contribution in [3.05, 3.63) is 59.5 Å². The van der Waals surface area contributed by atoms with Crippen molar-refractivity contribution in [1.82, 2.24) is 9.29 Å². The molecule has 1 fully saturated rings. The first kappa shape index (κ1) is 23.4. The van der Waals surface area contributed by atoms with E-state index in [-0.39, 0.29) is 16.9 Å². The van der Waals surface area contributed by atoms with E-state index in [4.69, 9.17) is 9.47 Å². The molecule has 0 saturated carbocycles. The van der Waals surface area contributed by atoms with Gasteiger partial charge in [-0.05, 0) is 49.2 Å². The van der Waals surface area contributed by atoms with Gasteiger partial charge in [-0.25, -0.2) is 13.4 Å². The van der Waals surface area contributed by atoms with Crippen molar-refractivity contribution in [3.8, 4) is 17.0 Å². The Morgan fingerprint density at radius 2 is 2.06 bits per heavy atom. The van der Waals surface area contributed by atoms with Crippen LogP contribution in [0.3, 0.4) is 0 Å². The minimum atomic E-state index is -3.66. The first-order valence-corrected chi connectivity index (χ1v) is 12.8. The lowest BCUT2D eigenvalue weighted by molar-refractivity contribution is 0.0979. The van der Waals surface area contributed by atoms with E-state index in [1.165, 1.54) is 39.9 Å². The third-order valence-corrected chi connectivity index (χ3v) is 7.99. The predicted molar refractivity (Wildman–Crippen MR) is 127 cm³/mol. The van der Waals surface area contributed by atoms with Crippen molar-refractivity contribution in [2.45, 2.75) is 23.8 Å². The van der Waals surface area contributed by atoms with E-state index in [1.807, 2.05) is 29.6 Å². The number of carbonyl (C=O) groups is 1. The van der Waals surface area contributed by atoms with E-state index < -0.39 is 10.0 Å². The van der Waals surface area contributed by atoms with Crippen molar-refractivity contribution >= 4 is 32.4 Å². The number of likely N-dealkylation sites (N-methyl/N-ethyl adjacent to an activating group) is 1. The number of nitrogens with one attached hydrogen (secondary N) is 1. The predicted octanol–water partition coefficient (Wildman–Crippen LogP) is 3.87. The van der Waals surface area contributed by atoms with Crippen molar-refractivity contribution in [2.24, 2.45) is 0 Å². The van der Waals surface area contributed by atoms with Crippen LogP contribution in [-0.4, -0.2) is 57.0 Å². The van der Waals surface area contributed by atoms with Crippen molar-refractivity contribution < 1.29 is 22.7 Å². The van der Waals surface area contributed by atoms with Gasteiger partial charge in [0.2, 0.25) is 10.0 Å². The second-order valence-corrected chi connectivity index (χ2v) is 10.6. The van der Waals surface area contributed by atoms with Crippen molar-refractivity contribution in [3.63, 3.8) is 0 Å². The Bertz CT molecular complexity index is 1220. The minimum absolute atomic E-state index is 0.0741. The first-order chi connectivity index (χ1) is 15.9. The number of nitrogens with zero attached hydrogens (tertiary/aromatic N) is 2. The highest BCUT2D eigenvalue weighted by Gasteiger charge is 2.26. The molecule has 1 amide bonds. The van der Waals surface area contributed by atoms with Gasteiger partial charge in [-0.3, -0.25) is 10.1 Å². The maximum atomic E-state index is 12.8. The number of carbonyl (C=O) groups excluding carboxylic acids is 1. The summed E-state index contributed by atoms with van der Waals surface area (Å²) in [6, 6.07) is 13.4. The summed E-state index contributed by atoms with van der Waals surface area (Å²) in [5.74, 6) is 0.362. The van der Waals surface area contributed by atoms with E-state index in [0.717, 1.165) is 29.8 Å². The molecule has 0 bridgehead atoms. The highest BCUT2D eigenvalue weighted by molar-refractivity contribution is 7.89. The molecular formula is C23H25N3O5S2. The van der Waals surface area contributed by atoms with Crippen LogP contribution in [0.5, 0.6) is 5.75 Å². The Balaban J connectivity index is 1.42. The second kappa shape index (κ2) is 10.0. The van der Waals surface area contributed by atoms with Gasteiger partial charge in [0.25, 0.3) is 5.91 Å². The van der Waals surface area contributed by atoms with Crippen LogP contribution >= 0.6 is 11.3 Å². The van der Waals surface area contributed by atoms with Gasteiger partial charge < -0.3 is 9.47 Å². The summed E-state index contributed by atoms with van der Waals surface area (Å²) in [5, 5.41) is 5.07. The number of thiazole rings is 1. The summed E-state index contributed by atoms with van der Waals surface area (Å²) in [5.41, 5.74) is 1.95. The highest BCUT2D eigenvalue weighted by atomic mass is 32.2. The molecule has 10 heteroatoms. The zero-order valence-corrected chi connectivity index (χ0v) is 20.0. The average Bonchev–Trinajstić information content (AvgIpc) is 3.51. The smallest absolute Gasteiger partial charge is 0.257 e. The molecule has 4 rings (SSSR count). The molecule has 1 aromatic heterocycles. The summed E-state index contributed by atoms with van der Waals surface area (Å²) in [7, 11) is -0.517. The number of hydrogen-bond donors (Lipinski definition) is 1. The summed E-state index contributed by atoms with van der Waals surface area (Å²) >= 11 is 1.31. The van der Waals surface area contributed by atoms with Gasteiger partial charge in [0.1, 0.15) is 5.75 Å². The Kier molecular flexibility index (Phi) is 7.08. The van der Waals surface area contributed by atoms with Crippen molar-refractivity contribution in [2.75, 3.05) is 32.6 Å². The number of ether oxygens (including phenoxy) is 2. The quantitative estimate of drug-likeness (QED) is 0.518. The molecule has 0 spiro atoms. The monoisotopic (exact) mass is 487 g/mol. The van der Waals surface area contributed by atoms with E-state index in [9.17, 15) is 13.2 Å². The Labute approximate surface area is 197 Å². The number of amides is 1. The molecule has 1 saturated heterocycles. The molecule has 1 unspecified atom stereocenters. The van der Waals surface area contributed by atoms with Gasteiger partial charge in [0.05, 0.1) is 23.8 Å². The Morgan fingerprint density at radius 3 is 2.76 bits per heavy atom. The number of methoxy groups -OCH3 is 1. The van der Waals surface area contributed by atoms with Crippen LogP contribution in [0.2, 0.25) is 0 Å². The van der Waals surface area contributed by atoms with Gasteiger partial charge in [-0.2, -0.15) is 4.31 Å². The number of sulfonamides is 1. The molecule has 2 heterocycles. The molecule has 1 aliphatic rings. The van der Waals surface area contributed by atoms with Crippen LogP contribution in [0, 0.1) is 0 Å². The molecule has 174 valence electrons. The van der Waals surface area contributed by atoms with Crippen molar-refractivity contribution in [1.29, 1.82) is 0 Å². The van der Waals surface area contributed by atoms with Crippen LogP contribution in [-0.2, 0) is 14.8 Å². The van der Waals surface area contributed by atoms with Gasteiger partial charge in [-0.15, -0.1) is 11.3 Å². The second-order valence-electron chi connectivity index (χ2n) is 7.67. The topological polar surface area (TPSA) is 97.8 Å². The molecular weight excluding hydrogens is 462 g/mol. The molecule has 3 aromatic rings. The third kappa shape index (κ3) is 5.41. The van der Waals surface area contributed by atoms with Crippen LogP contribution in [0.1, 0.15) is 23.2 Å². The maximum absolute atomic E-state index is 12.8. The lowest BCUT2D eigenvalue weighted by Crippen LogP contribution is -2.34. The van der Waals surface area contributed by atoms with Gasteiger partial charge >= 0.3 is 0 Å². The molecule has 0 aliphatic carbocycles. The van der Waals surface area contributed by atoms with E-state index in [0.29, 0.717) is 23.8 Å². The van der Waals surface area contributed by atoms with Crippen LogP contribution in [0.15, 0.2) is 58.8 Å². The van der Waals surface area contributed by atoms with Gasteiger partial charge in [-0.1, -0.05) is 12.1 Å². The number of rotatable bonds is 8. The normalized spacial score (nSPS) is 16.2. The lowest BCUT2D eigenvalue weighted by atomic mass is 10.2. The molecule has 1 atom stereocenters. The maximum Gasteiger partial charge on any atom is 0.257 e. The van der Waals surface area contributed by atoms with Crippen LogP contribution < -0.4 is 10.1 Å². The molecule has 0 radical (unpaired) electrons. The summed E-state index contributed by atoms with van der Waals surface area (Å²) in [6.45, 7) is 0.979. The zero-order chi connectivity index (χ0) is 23.4. The highest BCUT2D eigenvalue weighted by Crippen LogP contribution is 2.28. The lowest BCUT2D eigenvalue weighted by Gasteiger charge is -2.20. The number of hydrogen-bond acceptors (Lipinski definition) is 7. The standard InChI is InChI=1S/C23H25N3O5S2/c1-26(14-19-7-4-12-31-19)33(28,29)20-10-8-16(9-11-20)22(27)25-23-24-21(15-32-23)17-5-3-6-18(13-17)30-2/h3,5-6,8-11,13,15,19H,4,7,12,14H2,1-2H3,(H,24,25,27). The largest absolute Gasteiger partial charge is 0.497 e. The molecule has 8 nitrogen and oxygen atoms in total. The number of benzene rings is 2. The SMILES string of the molecule is COc1cccc(-c2csc(NC(=O)c3ccc(S(=O)(=O)N(C)CC4CCCO4)cc3)n2)c1. The number of aromatic nitrogens is 1. The van der Waals surface area contributed by atoms with E-state index in [2.05, 4.69) is 10.3 Å².